The molecule has 3 nitrogen and oxygen atoms in total. The van der Waals surface area contributed by atoms with Gasteiger partial charge >= 0.3 is 0 Å². The molecule has 21 heavy (non-hydrogen) atoms. The molecule has 2 unspecified atom stereocenters. The van der Waals surface area contributed by atoms with Crippen LogP contribution in [0.3, 0.4) is 0 Å². The lowest BCUT2D eigenvalue weighted by molar-refractivity contribution is -0.132. The monoisotopic (exact) mass is 300 g/mol. The van der Waals surface area contributed by atoms with Crippen molar-refractivity contribution in [2.24, 2.45) is 0 Å². The summed E-state index contributed by atoms with van der Waals surface area (Å²) in [7, 11) is 0. The fraction of sp³-hybridized carbons (Fsp3) is 0.533. The van der Waals surface area contributed by atoms with Crippen LogP contribution in [-0.4, -0.2) is 29.8 Å². The number of rotatable bonds is 6. The fourth-order valence-corrected chi connectivity index (χ4v) is 2.56. The lowest BCUT2D eigenvalue weighted by Gasteiger charge is -2.24. The third-order valence-electron chi connectivity index (χ3n) is 3.62. The third kappa shape index (κ3) is 3.75. The van der Waals surface area contributed by atoms with Crippen LogP contribution in [0, 0.1) is 5.82 Å². The van der Waals surface area contributed by atoms with E-state index in [1.54, 1.807) is 0 Å². The zero-order chi connectivity index (χ0) is 15.4. The second-order valence-electron chi connectivity index (χ2n) is 5.20. The van der Waals surface area contributed by atoms with Crippen molar-refractivity contribution in [2.45, 2.75) is 44.8 Å². The van der Waals surface area contributed by atoms with E-state index in [4.69, 9.17) is 0 Å². The highest BCUT2D eigenvalue weighted by atomic mass is 19.3. The number of nitrogens with zero attached hydrogens (tertiary/aromatic N) is 1. The van der Waals surface area contributed by atoms with E-state index >= 15 is 0 Å². The molecule has 0 spiro atoms. The molecule has 0 aromatic heterocycles. The molecule has 2 rings (SSSR count). The summed E-state index contributed by atoms with van der Waals surface area (Å²) < 4.78 is 38.4. The number of unbranched alkanes of at least 4 members (excludes halogenated alkanes) is 1. The zero-order valence-electron chi connectivity index (χ0n) is 11.9. The molecule has 0 radical (unpaired) electrons. The van der Waals surface area contributed by atoms with E-state index in [0.717, 1.165) is 17.7 Å². The van der Waals surface area contributed by atoms with E-state index in [2.05, 4.69) is 5.32 Å². The Morgan fingerprint density at radius 1 is 1.29 bits per heavy atom. The average molecular weight is 300 g/mol. The van der Waals surface area contributed by atoms with Crippen LogP contribution in [0.25, 0.3) is 0 Å². The van der Waals surface area contributed by atoms with Crippen molar-refractivity contribution in [2.75, 3.05) is 6.54 Å². The minimum absolute atomic E-state index is 0.307. The van der Waals surface area contributed by atoms with E-state index < -0.39 is 31.0 Å². The fourth-order valence-electron chi connectivity index (χ4n) is 2.56. The lowest BCUT2D eigenvalue weighted by Crippen LogP contribution is -2.35. The van der Waals surface area contributed by atoms with Crippen LogP contribution in [0.4, 0.5) is 13.2 Å². The summed E-state index contributed by atoms with van der Waals surface area (Å²) >= 11 is 0. The number of hydrogen-bond acceptors (Lipinski definition) is 2. The van der Waals surface area contributed by atoms with Crippen molar-refractivity contribution >= 4 is 5.91 Å². The normalized spacial score (nSPS) is 22.3. The third-order valence-corrected chi connectivity index (χ3v) is 3.62. The van der Waals surface area contributed by atoms with Crippen LogP contribution in [-0.2, 0) is 4.79 Å². The van der Waals surface area contributed by atoms with Gasteiger partial charge in [0.1, 0.15) is 12.0 Å². The second-order valence-corrected chi connectivity index (χ2v) is 5.20. The molecule has 1 aromatic rings. The van der Waals surface area contributed by atoms with Crippen molar-refractivity contribution in [1.29, 1.82) is 0 Å². The molecule has 1 N–H and O–H groups in total. The Morgan fingerprint density at radius 2 is 1.95 bits per heavy atom. The number of halogens is 3. The number of alkyl halides is 2. The lowest BCUT2D eigenvalue weighted by atomic mass is 10.1. The Labute approximate surface area is 122 Å². The summed E-state index contributed by atoms with van der Waals surface area (Å²) in [6, 6.07) is 5.11. The summed E-state index contributed by atoms with van der Waals surface area (Å²) in [5, 5.41) is 3.09. The van der Waals surface area contributed by atoms with Crippen LogP contribution in [0.1, 0.15) is 37.9 Å². The van der Waals surface area contributed by atoms with Gasteiger partial charge in [-0.1, -0.05) is 31.9 Å². The minimum Gasteiger partial charge on any atom is -0.316 e. The molecule has 1 saturated heterocycles. The number of carbonyl (C=O) groups excluding carboxylic acids is 1. The first-order chi connectivity index (χ1) is 10.0. The maximum Gasteiger partial charge on any atom is 0.255 e. The molecule has 1 amide bonds. The molecule has 1 fully saturated rings. The summed E-state index contributed by atoms with van der Waals surface area (Å²) in [5.74, 6) is -0.705. The molecule has 6 heteroatoms. The number of hydrogen-bond donors (Lipinski definition) is 1. The van der Waals surface area contributed by atoms with Crippen molar-refractivity contribution in [3.63, 3.8) is 0 Å². The van der Waals surface area contributed by atoms with Gasteiger partial charge in [-0.25, -0.2) is 13.2 Å². The summed E-state index contributed by atoms with van der Waals surface area (Å²) in [6.07, 6.45) is -0.811. The Morgan fingerprint density at radius 3 is 2.52 bits per heavy atom. The summed E-state index contributed by atoms with van der Waals surface area (Å²) in [6.45, 7) is 1.39. The van der Waals surface area contributed by atoms with E-state index in [1.807, 2.05) is 6.92 Å². The highest BCUT2D eigenvalue weighted by Gasteiger charge is 2.40. The standard InChI is InChI=1S/C15H19F3N2O/c1-2-3-4-12-15(21)20(9-13(17)18)14(19-12)10-5-7-11(16)8-6-10/h5-8,12-14,19H,2-4,9H2,1H3. The Bertz CT molecular complexity index is 478. The average Bonchev–Trinajstić information content (AvgIpc) is 2.74. The van der Waals surface area contributed by atoms with Gasteiger partial charge in [0.05, 0.1) is 12.6 Å². The molecule has 116 valence electrons. The van der Waals surface area contributed by atoms with Crippen LogP contribution >= 0.6 is 0 Å². The van der Waals surface area contributed by atoms with Crippen LogP contribution in [0.5, 0.6) is 0 Å². The zero-order valence-corrected chi connectivity index (χ0v) is 11.9. The molecule has 1 aliphatic rings. The molecule has 0 saturated carbocycles. The molecular formula is C15H19F3N2O. The maximum atomic E-state index is 13.0. The highest BCUT2D eigenvalue weighted by molar-refractivity contribution is 5.84. The number of benzene rings is 1. The quantitative estimate of drug-likeness (QED) is 0.875. The first-order valence-electron chi connectivity index (χ1n) is 7.13. The smallest absolute Gasteiger partial charge is 0.255 e. The van der Waals surface area contributed by atoms with E-state index in [1.165, 1.54) is 24.3 Å². The van der Waals surface area contributed by atoms with E-state index in [0.29, 0.717) is 12.0 Å². The topological polar surface area (TPSA) is 32.3 Å². The molecule has 0 bridgehead atoms. The van der Waals surface area contributed by atoms with Crippen LogP contribution < -0.4 is 5.32 Å². The van der Waals surface area contributed by atoms with Gasteiger partial charge in [-0.3, -0.25) is 10.1 Å². The van der Waals surface area contributed by atoms with Crippen LogP contribution in [0.15, 0.2) is 24.3 Å². The minimum atomic E-state index is -2.59. The molecule has 1 aliphatic heterocycles. The van der Waals surface area contributed by atoms with Crippen molar-refractivity contribution in [3.8, 4) is 0 Å². The van der Waals surface area contributed by atoms with Gasteiger partial charge in [-0.15, -0.1) is 0 Å². The first-order valence-corrected chi connectivity index (χ1v) is 7.13. The van der Waals surface area contributed by atoms with Gasteiger partial charge in [-0.05, 0) is 24.1 Å². The van der Waals surface area contributed by atoms with Crippen LogP contribution in [0.2, 0.25) is 0 Å². The van der Waals surface area contributed by atoms with Gasteiger partial charge in [0.25, 0.3) is 6.43 Å². The molecular weight excluding hydrogens is 281 g/mol. The number of amides is 1. The largest absolute Gasteiger partial charge is 0.316 e. The van der Waals surface area contributed by atoms with Gasteiger partial charge in [0.15, 0.2) is 0 Å². The maximum absolute atomic E-state index is 13.0. The van der Waals surface area contributed by atoms with Crippen molar-refractivity contribution in [3.05, 3.63) is 35.6 Å². The first kappa shape index (κ1) is 15.8. The predicted molar refractivity (Wildman–Crippen MR) is 73.3 cm³/mol. The molecule has 1 aromatic carbocycles. The highest BCUT2D eigenvalue weighted by Crippen LogP contribution is 2.28. The molecule has 1 heterocycles. The van der Waals surface area contributed by atoms with Gasteiger partial charge in [0.2, 0.25) is 5.91 Å². The number of carbonyl (C=O) groups is 1. The van der Waals surface area contributed by atoms with Gasteiger partial charge in [-0.2, -0.15) is 0 Å². The SMILES string of the molecule is CCCCC1NC(c2ccc(F)cc2)N(CC(F)F)C1=O. The summed E-state index contributed by atoms with van der Waals surface area (Å²) in [5.41, 5.74) is 0.615. The molecule has 2 atom stereocenters. The van der Waals surface area contributed by atoms with Crippen molar-refractivity contribution < 1.29 is 18.0 Å². The molecule has 0 aliphatic carbocycles. The number of nitrogens with one attached hydrogen (secondary N) is 1. The second kappa shape index (κ2) is 6.93. The summed E-state index contributed by atoms with van der Waals surface area (Å²) in [4.78, 5) is 13.4. The van der Waals surface area contributed by atoms with Crippen molar-refractivity contribution in [1.82, 2.24) is 10.2 Å². The Hall–Kier alpha value is -1.56. The van der Waals surface area contributed by atoms with Gasteiger partial charge in [0, 0.05) is 0 Å². The Balaban J connectivity index is 2.19. The predicted octanol–water partition coefficient (Wildman–Crippen LogP) is 3.08. The van der Waals surface area contributed by atoms with E-state index in [-0.39, 0.29) is 5.91 Å². The Kier molecular flexibility index (Phi) is 5.22. The van der Waals surface area contributed by atoms with Gasteiger partial charge < -0.3 is 4.90 Å². The van der Waals surface area contributed by atoms with E-state index in [9.17, 15) is 18.0 Å².